The zero-order chi connectivity index (χ0) is 18.7. The number of nitrogens with zero attached hydrogens (tertiary/aromatic N) is 2. The number of fused-ring (bicyclic) bond motifs is 1. The van der Waals surface area contributed by atoms with E-state index in [4.69, 9.17) is 0 Å². The summed E-state index contributed by atoms with van der Waals surface area (Å²) in [6, 6.07) is 11.2. The highest BCUT2D eigenvalue weighted by atomic mass is 19.1. The van der Waals surface area contributed by atoms with Gasteiger partial charge in [0.15, 0.2) is 11.6 Å². The molecule has 1 aromatic heterocycles. The fraction of sp³-hybridized carbons (Fsp3) is 0.211. The standard InChI is InChI=1S/C19H19FN4O2/c1-12(25)13-5-3-6-14(11-13)22-19(26)21-10-9-17-23-18-15(20)7-4-8-16(18)24(17)2/h3-8,11H,9-10H2,1-2H3,(H2,21,22,26). The van der Waals surface area contributed by atoms with Gasteiger partial charge in [-0.15, -0.1) is 0 Å². The number of rotatable bonds is 5. The van der Waals surface area contributed by atoms with Gasteiger partial charge in [-0.3, -0.25) is 4.79 Å². The summed E-state index contributed by atoms with van der Waals surface area (Å²) in [5, 5.41) is 5.42. The second kappa shape index (κ2) is 7.35. The lowest BCUT2D eigenvalue weighted by atomic mass is 10.1. The number of urea groups is 1. The summed E-state index contributed by atoms with van der Waals surface area (Å²) in [7, 11) is 1.82. The van der Waals surface area contributed by atoms with Crippen LogP contribution >= 0.6 is 0 Å². The summed E-state index contributed by atoms with van der Waals surface area (Å²) < 4.78 is 15.6. The van der Waals surface area contributed by atoms with E-state index < -0.39 is 0 Å². The number of halogens is 1. The number of carbonyl (C=O) groups excluding carboxylic acids is 2. The van der Waals surface area contributed by atoms with Crippen LogP contribution in [0.5, 0.6) is 0 Å². The molecule has 2 amide bonds. The van der Waals surface area contributed by atoms with Crippen LogP contribution in [0.15, 0.2) is 42.5 Å². The van der Waals surface area contributed by atoms with Gasteiger partial charge in [-0.25, -0.2) is 14.2 Å². The molecule has 0 aliphatic heterocycles. The molecule has 0 aliphatic carbocycles. The van der Waals surface area contributed by atoms with Gasteiger partial charge in [-0.1, -0.05) is 18.2 Å². The maximum absolute atomic E-state index is 13.8. The Bertz CT molecular complexity index is 981. The molecule has 0 unspecified atom stereocenters. The lowest BCUT2D eigenvalue weighted by Crippen LogP contribution is -2.30. The second-order valence-electron chi connectivity index (χ2n) is 5.96. The molecule has 0 spiro atoms. The summed E-state index contributed by atoms with van der Waals surface area (Å²) in [5.74, 6) is 0.257. The van der Waals surface area contributed by atoms with E-state index in [2.05, 4.69) is 15.6 Å². The van der Waals surface area contributed by atoms with Crippen LogP contribution in [0, 0.1) is 5.82 Å². The number of nitrogens with one attached hydrogen (secondary N) is 2. The molecule has 0 bridgehead atoms. The molecule has 2 aromatic carbocycles. The Morgan fingerprint density at radius 3 is 2.69 bits per heavy atom. The Morgan fingerprint density at radius 1 is 1.19 bits per heavy atom. The first-order valence-electron chi connectivity index (χ1n) is 8.21. The van der Waals surface area contributed by atoms with Gasteiger partial charge in [0, 0.05) is 31.3 Å². The Hall–Kier alpha value is -3.22. The van der Waals surface area contributed by atoms with E-state index in [9.17, 15) is 14.0 Å². The molecule has 3 rings (SSSR count). The number of Topliss-reactive ketones (excluding diaryl/α,β-unsaturated/α-hetero) is 1. The number of carbonyl (C=O) groups is 2. The van der Waals surface area contributed by atoms with Gasteiger partial charge in [0.1, 0.15) is 11.3 Å². The number of anilines is 1. The monoisotopic (exact) mass is 354 g/mol. The molecule has 26 heavy (non-hydrogen) atoms. The quantitative estimate of drug-likeness (QED) is 0.691. The summed E-state index contributed by atoms with van der Waals surface area (Å²) >= 11 is 0. The average molecular weight is 354 g/mol. The smallest absolute Gasteiger partial charge is 0.319 e. The van der Waals surface area contributed by atoms with Crippen molar-refractivity contribution in [3.63, 3.8) is 0 Å². The first-order valence-corrected chi connectivity index (χ1v) is 8.21. The predicted octanol–water partition coefficient (Wildman–Crippen LogP) is 3.28. The van der Waals surface area contributed by atoms with Crippen molar-refractivity contribution in [2.24, 2.45) is 7.05 Å². The number of hydrogen-bond donors (Lipinski definition) is 2. The normalized spacial score (nSPS) is 10.7. The molecule has 3 aromatic rings. The van der Waals surface area contributed by atoms with Gasteiger partial charge in [0.05, 0.1) is 5.52 Å². The van der Waals surface area contributed by atoms with Crippen molar-refractivity contribution in [2.75, 3.05) is 11.9 Å². The predicted molar refractivity (Wildman–Crippen MR) is 97.8 cm³/mol. The molecule has 134 valence electrons. The molecule has 0 atom stereocenters. The fourth-order valence-corrected chi connectivity index (χ4v) is 2.73. The third-order valence-corrected chi connectivity index (χ3v) is 4.12. The summed E-state index contributed by atoms with van der Waals surface area (Å²) in [5.41, 5.74) is 2.12. The van der Waals surface area contributed by atoms with Gasteiger partial charge in [-0.2, -0.15) is 0 Å². The van der Waals surface area contributed by atoms with Crippen molar-refractivity contribution in [3.8, 4) is 0 Å². The van der Waals surface area contributed by atoms with E-state index in [0.717, 1.165) is 0 Å². The summed E-state index contributed by atoms with van der Waals surface area (Å²) in [6.45, 7) is 1.82. The minimum Gasteiger partial charge on any atom is -0.337 e. The molecular formula is C19H19FN4O2. The third kappa shape index (κ3) is 3.72. The average Bonchev–Trinajstić information content (AvgIpc) is 2.93. The van der Waals surface area contributed by atoms with E-state index >= 15 is 0 Å². The maximum atomic E-state index is 13.8. The Morgan fingerprint density at radius 2 is 1.96 bits per heavy atom. The second-order valence-corrected chi connectivity index (χ2v) is 5.96. The molecule has 2 N–H and O–H groups in total. The van der Waals surface area contributed by atoms with Crippen LogP contribution in [0.4, 0.5) is 14.9 Å². The topological polar surface area (TPSA) is 76.0 Å². The van der Waals surface area contributed by atoms with E-state index in [-0.39, 0.29) is 17.6 Å². The molecule has 0 radical (unpaired) electrons. The molecule has 1 heterocycles. The third-order valence-electron chi connectivity index (χ3n) is 4.12. The Labute approximate surface area is 150 Å². The number of aromatic nitrogens is 2. The van der Waals surface area contributed by atoms with Gasteiger partial charge < -0.3 is 15.2 Å². The lowest BCUT2D eigenvalue weighted by molar-refractivity contribution is 0.101. The Balaban J connectivity index is 1.59. The number of hydrogen-bond acceptors (Lipinski definition) is 3. The number of amides is 2. The van der Waals surface area contributed by atoms with Crippen LogP contribution in [-0.4, -0.2) is 27.9 Å². The minimum atomic E-state index is -0.379. The van der Waals surface area contributed by atoms with Crippen LogP contribution in [-0.2, 0) is 13.5 Å². The zero-order valence-corrected chi connectivity index (χ0v) is 14.5. The van der Waals surface area contributed by atoms with Gasteiger partial charge in [0.25, 0.3) is 0 Å². The van der Waals surface area contributed by atoms with Crippen molar-refractivity contribution in [2.45, 2.75) is 13.3 Å². The van der Waals surface area contributed by atoms with Crippen LogP contribution in [0.2, 0.25) is 0 Å². The number of para-hydroxylation sites is 1. The van der Waals surface area contributed by atoms with E-state index in [0.29, 0.717) is 41.1 Å². The zero-order valence-electron chi connectivity index (χ0n) is 14.5. The summed E-state index contributed by atoms with van der Waals surface area (Å²) in [6.07, 6.45) is 0.464. The molecule has 0 fully saturated rings. The molecule has 0 aliphatic rings. The van der Waals surface area contributed by atoms with Crippen molar-refractivity contribution in [3.05, 3.63) is 59.7 Å². The fourth-order valence-electron chi connectivity index (χ4n) is 2.73. The number of benzene rings is 2. The maximum Gasteiger partial charge on any atom is 0.319 e. The van der Waals surface area contributed by atoms with Crippen LogP contribution in [0.1, 0.15) is 23.1 Å². The number of imidazole rings is 1. The van der Waals surface area contributed by atoms with Crippen molar-refractivity contribution >= 4 is 28.5 Å². The van der Waals surface area contributed by atoms with Crippen molar-refractivity contribution in [1.82, 2.24) is 14.9 Å². The molecular weight excluding hydrogens is 335 g/mol. The van der Waals surface area contributed by atoms with Crippen molar-refractivity contribution in [1.29, 1.82) is 0 Å². The minimum absolute atomic E-state index is 0.0665. The molecule has 0 saturated carbocycles. The van der Waals surface area contributed by atoms with Gasteiger partial charge in [-0.05, 0) is 31.2 Å². The van der Waals surface area contributed by atoms with Crippen LogP contribution < -0.4 is 10.6 Å². The molecule has 0 saturated heterocycles. The highest BCUT2D eigenvalue weighted by Gasteiger charge is 2.11. The van der Waals surface area contributed by atoms with E-state index in [1.807, 2.05) is 11.6 Å². The SMILES string of the molecule is CC(=O)c1cccc(NC(=O)NCCc2nc3c(F)cccc3n2C)c1. The van der Waals surface area contributed by atoms with Gasteiger partial charge >= 0.3 is 6.03 Å². The van der Waals surface area contributed by atoms with E-state index in [1.54, 1.807) is 36.4 Å². The van der Waals surface area contributed by atoms with Gasteiger partial charge in [0.2, 0.25) is 0 Å². The highest BCUT2D eigenvalue weighted by molar-refractivity contribution is 5.96. The van der Waals surface area contributed by atoms with E-state index in [1.165, 1.54) is 13.0 Å². The number of aryl methyl sites for hydroxylation is 1. The molecule has 6 nitrogen and oxygen atoms in total. The largest absolute Gasteiger partial charge is 0.337 e. The highest BCUT2D eigenvalue weighted by Crippen LogP contribution is 2.18. The van der Waals surface area contributed by atoms with Crippen molar-refractivity contribution < 1.29 is 14.0 Å². The summed E-state index contributed by atoms with van der Waals surface area (Å²) in [4.78, 5) is 27.7. The van der Waals surface area contributed by atoms with Crippen LogP contribution in [0.25, 0.3) is 11.0 Å². The van der Waals surface area contributed by atoms with Crippen LogP contribution in [0.3, 0.4) is 0 Å². The number of ketones is 1. The lowest BCUT2D eigenvalue weighted by Gasteiger charge is -2.08. The molecule has 7 heteroatoms. The Kier molecular flexibility index (Phi) is 4.97. The first kappa shape index (κ1) is 17.6. The first-order chi connectivity index (χ1) is 12.5.